The molecule has 1 saturated carbocycles. The number of hydrogen-bond donors (Lipinski definition) is 1. The van der Waals surface area contributed by atoms with Crippen LogP contribution in [0.4, 0.5) is 8.78 Å². The van der Waals surface area contributed by atoms with E-state index in [-0.39, 0.29) is 24.0 Å². The molecule has 4 rings (SSSR count). The van der Waals surface area contributed by atoms with E-state index >= 15 is 0 Å². The van der Waals surface area contributed by atoms with Crippen molar-refractivity contribution in [1.29, 1.82) is 0 Å². The van der Waals surface area contributed by atoms with Crippen LogP contribution in [-0.4, -0.2) is 40.7 Å². The van der Waals surface area contributed by atoms with Gasteiger partial charge in [0, 0.05) is 29.2 Å². The lowest BCUT2D eigenvalue weighted by atomic mass is 9.88. The van der Waals surface area contributed by atoms with Crippen LogP contribution in [0.1, 0.15) is 38.5 Å². The Bertz CT molecular complexity index is 826. The Morgan fingerprint density at radius 2 is 1.66 bits per heavy atom. The molecule has 2 aromatic carbocycles. The number of benzene rings is 2. The molecule has 1 atom stereocenters. The molecular formula is C24H28BrF2NO3S. The Hall–Kier alpha value is -1.93. The fraction of sp³-hybridized carbons (Fsp3) is 0.417. The third-order valence-electron chi connectivity index (χ3n) is 5.35. The van der Waals surface area contributed by atoms with E-state index < -0.39 is 0 Å². The van der Waals surface area contributed by atoms with E-state index in [4.69, 9.17) is 9.90 Å². The molecule has 174 valence electrons. The molecule has 0 aromatic heterocycles. The average molecular weight is 528 g/mol. The topological polar surface area (TPSA) is 57.6 Å². The molecule has 1 saturated heterocycles. The first-order chi connectivity index (χ1) is 15.4. The number of carbonyl (C=O) groups excluding carboxylic acids is 1. The van der Waals surface area contributed by atoms with Crippen LogP contribution >= 0.6 is 27.7 Å². The highest BCUT2D eigenvalue weighted by Crippen LogP contribution is 2.32. The molecule has 0 bridgehead atoms. The fourth-order valence-corrected chi connectivity index (χ4v) is 5.22. The lowest BCUT2D eigenvalue weighted by Crippen LogP contribution is -2.35. The van der Waals surface area contributed by atoms with Crippen molar-refractivity contribution >= 4 is 40.1 Å². The summed E-state index contributed by atoms with van der Waals surface area (Å²) in [4.78, 5) is 24.0. The highest BCUT2D eigenvalue weighted by molar-refractivity contribution is 9.10. The number of rotatable bonds is 3. The van der Waals surface area contributed by atoms with Gasteiger partial charge in [0.2, 0.25) is 5.91 Å². The lowest BCUT2D eigenvalue weighted by Gasteiger charge is -2.26. The molecule has 8 heteroatoms. The highest BCUT2D eigenvalue weighted by atomic mass is 79.9. The van der Waals surface area contributed by atoms with Crippen molar-refractivity contribution in [3.63, 3.8) is 0 Å². The van der Waals surface area contributed by atoms with E-state index in [0.717, 1.165) is 37.2 Å². The van der Waals surface area contributed by atoms with E-state index in [1.54, 1.807) is 30.0 Å². The Morgan fingerprint density at radius 3 is 2.22 bits per heavy atom. The number of thioether (sulfide) groups is 1. The molecule has 4 nitrogen and oxygen atoms in total. The lowest BCUT2D eigenvalue weighted by molar-refractivity contribution is -0.135. The zero-order valence-electron chi connectivity index (χ0n) is 17.8. The van der Waals surface area contributed by atoms with E-state index in [0.29, 0.717) is 15.6 Å². The Labute approximate surface area is 200 Å². The molecule has 2 aliphatic rings. The molecule has 0 radical (unpaired) electrons. The SMILES string of the molecule is Fc1ccccc1Br.O=C(C1CCCCC1)N1CCC(Sc2ccc(F)cc2)C1.O=CO. The largest absolute Gasteiger partial charge is 0.483 e. The van der Waals surface area contributed by atoms with E-state index in [2.05, 4.69) is 20.8 Å². The summed E-state index contributed by atoms with van der Waals surface area (Å²) in [6, 6.07) is 13.1. The summed E-state index contributed by atoms with van der Waals surface area (Å²) < 4.78 is 25.7. The van der Waals surface area contributed by atoms with Gasteiger partial charge in [-0.25, -0.2) is 8.78 Å². The third-order valence-corrected chi connectivity index (χ3v) is 7.26. The molecule has 1 heterocycles. The van der Waals surface area contributed by atoms with Crippen molar-refractivity contribution < 1.29 is 23.5 Å². The smallest absolute Gasteiger partial charge is 0.290 e. The molecule has 1 unspecified atom stereocenters. The predicted molar refractivity (Wildman–Crippen MR) is 127 cm³/mol. The van der Waals surface area contributed by atoms with Crippen LogP contribution in [0.5, 0.6) is 0 Å². The van der Waals surface area contributed by atoms with Gasteiger partial charge in [-0.3, -0.25) is 9.59 Å². The maximum absolute atomic E-state index is 12.9. The van der Waals surface area contributed by atoms with Crippen LogP contribution in [0, 0.1) is 17.6 Å². The number of carboxylic acid groups (broad SMARTS) is 1. The van der Waals surface area contributed by atoms with Crippen LogP contribution in [0.15, 0.2) is 57.9 Å². The van der Waals surface area contributed by atoms with Gasteiger partial charge in [0.05, 0.1) is 4.47 Å². The minimum atomic E-state index is -0.250. The van der Waals surface area contributed by atoms with Crippen molar-refractivity contribution in [3.8, 4) is 0 Å². The van der Waals surface area contributed by atoms with E-state index in [9.17, 15) is 13.6 Å². The van der Waals surface area contributed by atoms with Crippen molar-refractivity contribution in [2.45, 2.75) is 48.7 Å². The number of hydrogen-bond acceptors (Lipinski definition) is 3. The number of halogens is 3. The summed E-state index contributed by atoms with van der Waals surface area (Å²) in [6.45, 7) is 1.48. The van der Waals surface area contributed by atoms with Crippen molar-refractivity contribution in [2.24, 2.45) is 5.92 Å². The first-order valence-corrected chi connectivity index (χ1v) is 12.3. The summed E-state index contributed by atoms with van der Waals surface area (Å²) in [6.07, 6.45) is 6.89. The summed E-state index contributed by atoms with van der Waals surface area (Å²) in [7, 11) is 0. The summed E-state index contributed by atoms with van der Waals surface area (Å²) in [5.41, 5.74) is 0. The molecule has 1 aliphatic heterocycles. The Balaban J connectivity index is 0.000000274. The van der Waals surface area contributed by atoms with Crippen molar-refractivity contribution in [1.82, 2.24) is 4.90 Å². The zero-order valence-corrected chi connectivity index (χ0v) is 20.2. The van der Waals surface area contributed by atoms with Gasteiger partial charge in [0.15, 0.2) is 0 Å². The minimum Gasteiger partial charge on any atom is -0.483 e. The van der Waals surface area contributed by atoms with E-state index in [1.807, 2.05) is 12.1 Å². The summed E-state index contributed by atoms with van der Waals surface area (Å²) >= 11 is 4.79. The maximum Gasteiger partial charge on any atom is 0.290 e. The molecule has 1 amide bonds. The first-order valence-electron chi connectivity index (χ1n) is 10.6. The van der Waals surface area contributed by atoms with Crippen LogP contribution in [0.2, 0.25) is 0 Å². The maximum atomic E-state index is 12.9. The van der Waals surface area contributed by atoms with Gasteiger partial charge in [-0.2, -0.15) is 0 Å². The summed E-state index contributed by atoms with van der Waals surface area (Å²) in [5, 5.41) is 7.34. The normalized spacial score (nSPS) is 18.1. The number of carbonyl (C=O) groups is 2. The first kappa shape index (κ1) is 26.3. The Kier molecular flexibility index (Phi) is 11.7. The van der Waals surface area contributed by atoms with Gasteiger partial charge in [0.1, 0.15) is 11.6 Å². The Morgan fingerprint density at radius 1 is 1.03 bits per heavy atom. The van der Waals surface area contributed by atoms with Crippen LogP contribution in [-0.2, 0) is 9.59 Å². The van der Waals surface area contributed by atoms with Crippen molar-refractivity contribution in [2.75, 3.05) is 13.1 Å². The van der Waals surface area contributed by atoms with Gasteiger partial charge in [-0.15, -0.1) is 11.8 Å². The number of amides is 1. The molecule has 32 heavy (non-hydrogen) atoms. The predicted octanol–water partition coefficient (Wildman–Crippen LogP) is 6.39. The fourth-order valence-electron chi connectivity index (χ4n) is 3.78. The standard InChI is InChI=1S/C17H22FNOS.C6H4BrF.CH2O2/c18-14-6-8-15(9-7-14)21-16-10-11-19(12-16)17(20)13-4-2-1-3-5-13;7-5-3-1-2-4-6(5)8;2-1-3/h6-9,13,16H,1-5,10-12H2;1-4H;1H,(H,2,3). The third kappa shape index (κ3) is 8.90. The molecule has 0 spiro atoms. The number of nitrogens with zero attached hydrogens (tertiary/aromatic N) is 1. The highest BCUT2D eigenvalue weighted by Gasteiger charge is 2.31. The summed E-state index contributed by atoms with van der Waals surface area (Å²) in [5.74, 6) is 0.234. The second kappa shape index (κ2) is 14.3. The van der Waals surface area contributed by atoms with E-state index in [1.165, 1.54) is 37.5 Å². The quantitative estimate of drug-likeness (QED) is 0.470. The monoisotopic (exact) mass is 527 g/mol. The number of likely N-dealkylation sites (tertiary alicyclic amines) is 1. The van der Waals surface area contributed by atoms with Crippen LogP contribution < -0.4 is 0 Å². The molecule has 1 aliphatic carbocycles. The molecule has 1 N–H and O–H groups in total. The van der Waals surface area contributed by atoms with Gasteiger partial charge in [-0.1, -0.05) is 31.4 Å². The average Bonchev–Trinajstić information content (AvgIpc) is 3.27. The van der Waals surface area contributed by atoms with Crippen LogP contribution in [0.3, 0.4) is 0 Å². The zero-order chi connectivity index (χ0) is 23.3. The van der Waals surface area contributed by atoms with Gasteiger partial charge >= 0.3 is 0 Å². The molecular weight excluding hydrogens is 500 g/mol. The second-order valence-electron chi connectivity index (χ2n) is 7.62. The van der Waals surface area contributed by atoms with Crippen molar-refractivity contribution in [3.05, 3.63) is 64.6 Å². The minimum absolute atomic E-state index is 0.195. The second-order valence-corrected chi connectivity index (χ2v) is 9.85. The van der Waals surface area contributed by atoms with Gasteiger partial charge < -0.3 is 10.0 Å². The van der Waals surface area contributed by atoms with Gasteiger partial charge in [0.25, 0.3) is 6.47 Å². The van der Waals surface area contributed by atoms with Gasteiger partial charge in [-0.05, 0) is 71.6 Å². The molecule has 2 fully saturated rings. The van der Waals surface area contributed by atoms with Crippen LogP contribution in [0.25, 0.3) is 0 Å². The molecule has 2 aromatic rings.